The molecule has 106 valence electrons. The first-order valence-electron chi connectivity index (χ1n) is 6.29. The van der Waals surface area contributed by atoms with Crippen LogP contribution < -0.4 is 16.0 Å². The lowest BCUT2D eigenvalue weighted by Crippen LogP contribution is -2.32. The normalized spacial score (nSPS) is 10.7. The molecule has 0 atom stereocenters. The van der Waals surface area contributed by atoms with Gasteiger partial charge in [0.05, 0.1) is 0 Å². The zero-order valence-corrected chi connectivity index (χ0v) is 11.8. The maximum atomic E-state index is 12.0. The Bertz CT molecular complexity index is 771. The molecule has 0 aliphatic rings. The molecule has 0 saturated carbocycles. The van der Waals surface area contributed by atoms with Gasteiger partial charge in [-0.3, -0.25) is 10.2 Å². The van der Waals surface area contributed by atoms with Gasteiger partial charge in [-0.15, -0.1) is 0 Å². The Hall–Kier alpha value is -2.44. The first-order chi connectivity index (χ1) is 10.2. The number of rotatable bonds is 4. The quantitative estimate of drug-likeness (QED) is 0.392. The molecule has 1 heterocycles. The molecule has 0 bridgehead atoms. The van der Waals surface area contributed by atoms with Crippen LogP contribution in [0.25, 0.3) is 11.0 Å². The number of benzene rings is 2. The Morgan fingerprint density at radius 1 is 1.10 bits per heavy atom. The van der Waals surface area contributed by atoms with E-state index < -0.39 is 0 Å². The van der Waals surface area contributed by atoms with E-state index in [0.717, 1.165) is 10.3 Å². The Morgan fingerprint density at radius 3 is 2.71 bits per heavy atom. The zero-order chi connectivity index (χ0) is 14.7. The van der Waals surface area contributed by atoms with Gasteiger partial charge in [-0.25, -0.2) is 0 Å². The third-order valence-corrected chi connectivity index (χ3v) is 3.55. The van der Waals surface area contributed by atoms with Crippen molar-refractivity contribution in [1.82, 2.24) is 10.3 Å². The van der Waals surface area contributed by atoms with Gasteiger partial charge in [-0.2, -0.15) is 4.83 Å². The van der Waals surface area contributed by atoms with Crippen molar-refractivity contribution < 1.29 is 9.21 Å². The summed E-state index contributed by atoms with van der Waals surface area (Å²) in [7, 11) is 0. The lowest BCUT2D eigenvalue weighted by atomic mass is 10.2. The molecule has 1 aromatic heterocycles. The average molecular weight is 299 g/mol. The highest BCUT2D eigenvalue weighted by atomic mass is 32.2. The molecule has 0 fully saturated rings. The fourth-order valence-electron chi connectivity index (χ4n) is 1.85. The summed E-state index contributed by atoms with van der Waals surface area (Å²) < 4.78 is 5.47. The molecule has 2 aromatic carbocycles. The van der Waals surface area contributed by atoms with Crippen LogP contribution in [-0.2, 0) is 0 Å². The summed E-state index contributed by atoms with van der Waals surface area (Å²) in [5.41, 5.74) is 9.53. The number of amides is 1. The van der Waals surface area contributed by atoms with E-state index in [9.17, 15) is 4.79 Å². The number of fused-ring (bicyclic) bond motifs is 1. The second kappa shape index (κ2) is 5.90. The summed E-state index contributed by atoms with van der Waals surface area (Å²) in [6.07, 6.45) is 0. The third kappa shape index (κ3) is 3.18. The number of anilines is 1. The van der Waals surface area contributed by atoms with E-state index in [-0.39, 0.29) is 11.7 Å². The molecular weight excluding hydrogens is 286 g/mol. The number of nitrogens with two attached hydrogens (primary N) is 1. The van der Waals surface area contributed by atoms with Gasteiger partial charge >= 0.3 is 5.91 Å². The molecule has 0 aliphatic heterocycles. The van der Waals surface area contributed by atoms with Crippen molar-refractivity contribution in [2.45, 2.75) is 4.90 Å². The Morgan fingerprint density at radius 2 is 1.90 bits per heavy atom. The summed E-state index contributed by atoms with van der Waals surface area (Å²) in [6.45, 7) is 0. The van der Waals surface area contributed by atoms with Crippen LogP contribution in [0, 0.1) is 0 Å². The van der Waals surface area contributed by atoms with Crippen LogP contribution in [0.15, 0.2) is 63.9 Å². The van der Waals surface area contributed by atoms with Crippen molar-refractivity contribution in [3.63, 3.8) is 0 Å². The first kappa shape index (κ1) is 13.5. The Labute approximate surface area is 125 Å². The zero-order valence-electron chi connectivity index (χ0n) is 11.0. The molecular formula is C15H13N3O2S. The summed E-state index contributed by atoms with van der Waals surface area (Å²) in [4.78, 5) is 15.8. The van der Waals surface area contributed by atoms with Crippen molar-refractivity contribution in [2.75, 3.05) is 5.73 Å². The highest BCUT2D eigenvalue weighted by molar-refractivity contribution is 7.97. The third-order valence-electron chi connectivity index (χ3n) is 2.84. The van der Waals surface area contributed by atoms with Gasteiger partial charge in [0.25, 0.3) is 0 Å². The molecule has 3 aromatic rings. The van der Waals surface area contributed by atoms with E-state index in [0.29, 0.717) is 11.3 Å². The van der Waals surface area contributed by atoms with E-state index in [2.05, 4.69) is 10.3 Å². The van der Waals surface area contributed by atoms with Crippen LogP contribution in [0.3, 0.4) is 0 Å². The summed E-state index contributed by atoms with van der Waals surface area (Å²) >= 11 is 1.31. The van der Waals surface area contributed by atoms with E-state index in [1.807, 2.05) is 30.3 Å². The molecule has 4 N–H and O–H groups in total. The van der Waals surface area contributed by atoms with Crippen LogP contribution in [0.2, 0.25) is 0 Å². The maximum absolute atomic E-state index is 12.0. The van der Waals surface area contributed by atoms with Crippen molar-refractivity contribution in [3.05, 3.63) is 60.4 Å². The van der Waals surface area contributed by atoms with E-state index >= 15 is 0 Å². The van der Waals surface area contributed by atoms with Crippen LogP contribution in [0.5, 0.6) is 0 Å². The molecule has 3 rings (SSSR count). The number of hydrogen-bond donors (Lipinski definition) is 3. The van der Waals surface area contributed by atoms with Crippen LogP contribution in [-0.4, -0.2) is 5.91 Å². The number of furan rings is 1. The predicted octanol–water partition coefficient (Wildman–Crippen LogP) is 2.96. The van der Waals surface area contributed by atoms with Crippen molar-refractivity contribution in [3.8, 4) is 0 Å². The van der Waals surface area contributed by atoms with Gasteiger partial charge in [0.15, 0.2) is 5.76 Å². The number of carbonyl (C=O) groups excluding carboxylic acids is 1. The van der Waals surface area contributed by atoms with Gasteiger partial charge in [0.2, 0.25) is 0 Å². The molecule has 0 unspecified atom stereocenters. The first-order valence-corrected chi connectivity index (χ1v) is 7.10. The summed E-state index contributed by atoms with van der Waals surface area (Å²) in [6, 6.07) is 16.6. The number of carbonyl (C=O) groups is 1. The van der Waals surface area contributed by atoms with Crippen molar-refractivity contribution in [1.29, 1.82) is 0 Å². The van der Waals surface area contributed by atoms with Gasteiger partial charge in [0.1, 0.15) is 5.58 Å². The molecule has 0 saturated heterocycles. The Kier molecular flexibility index (Phi) is 3.81. The molecule has 6 heteroatoms. The largest absolute Gasteiger partial charge is 0.451 e. The standard InChI is InChI=1S/C15H13N3O2S/c16-11-6-7-13-10(8-11)9-14(20-13)15(19)17-18-21-12-4-2-1-3-5-12/h1-9,18H,16H2,(H,17,19). The highest BCUT2D eigenvalue weighted by Gasteiger charge is 2.12. The molecule has 21 heavy (non-hydrogen) atoms. The molecule has 0 spiro atoms. The van der Waals surface area contributed by atoms with Crippen LogP contribution in [0.4, 0.5) is 5.69 Å². The monoisotopic (exact) mass is 299 g/mol. The van der Waals surface area contributed by atoms with Gasteiger partial charge < -0.3 is 10.2 Å². The lowest BCUT2D eigenvalue weighted by molar-refractivity contribution is 0.0921. The minimum absolute atomic E-state index is 0.233. The topological polar surface area (TPSA) is 80.3 Å². The summed E-state index contributed by atoms with van der Waals surface area (Å²) in [5.74, 6) is -0.107. The van der Waals surface area contributed by atoms with Gasteiger partial charge in [-0.05, 0) is 48.3 Å². The number of hydrogen-bond acceptors (Lipinski definition) is 5. The molecule has 1 amide bonds. The van der Waals surface area contributed by atoms with Crippen LogP contribution >= 0.6 is 11.9 Å². The van der Waals surface area contributed by atoms with Crippen LogP contribution in [0.1, 0.15) is 10.6 Å². The number of nitrogen functional groups attached to an aromatic ring is 1. The van der Waals surface area contributed by atoms with E-state index in [4.69, 9.17) is 10.2 Å². The average Bonchev–Trinajstić information content (AvgIpc) is 2.91. The smallest absolute Gasteiger partial charge is 0.301 e. The van der Waals surface area contributed by atoms with E-state index in [1.165, 1.54) is 11.9 Å². The number of nitrogens with one attached hydrogen (secondary N) is 2. The molecule has 0 aliphatic carbocycles. The molecule has 0 radical (unpaired) electrons. The minimum atomic E-state index is -0.340. The SMILES string of the molecule is Nc1ccc2oc(C(=O)NNSc3ccccc3)cc2c1. The Balaban J connectivity index is 1.64. The fraction of sp³-hybridized carbons (Fsp3) is 0. The summed E-state index contributed by atoms with van der Waals surface area (Å²) in [5, 5.41) is 0.802. The minimum Gasteiger partial charge on any atom is -0.451 e. The van der Waals surface area contributed by atoms with Crippen molar-refractivity contribution in [2.24, 2.45) is 0 Å². The fourth-order valence-corrected chi connectivity index (χ4v) is 2.41. The lowest BCUT2D eigenvalue weighted by Gasteiger charge is -2.04. The van der Waals surface area contributed by atoms with Gasteiger partial charge in [0, 0.05) is 16.0 Å². The second-order valence-corrected chi connectivity index (χ2v) is 5.26. The second-order valence-electron chi connectivity index (χ2n) is 4.38. The number of hydrazine groups is 1. The predicted molar refractivity (Wildman–Crippen MR) is 83.5 cm³/mol. The van der Waals surface area contributed by atoms with Crippen molar-refractivity contribution >= 4 is 34.5 Å². The highest BCUT2D eigenvalue weighted by Crippen LogP contribution is 2.21. The van der Waals surface area contributed by atoms with E-state index in [1.54, 1.807) is 24.3 Å². The van der Waals surface area contributed by atoms with Gasteiger partial charge in [-0.1, -0.05) is 18.2 Å². The maximum Gasteiger partial charge on any atom is 0.301 e. The molecule has 5 nitrogen and oxygen atoms in total.